The van der Waals surface area contributed by atoms with Gasteiger partial charge in [-0.15, -0.1) is 0 Å². The fourth-order valence-corrected chi connectivity index (χ4v) is 2.64. The number of nitrogens with zero attached hydrogens (tertiary/aromatic N) is 5. The molecule has 0 radical (unpaired) electrons. The van der Waals surface area contributed by atoms with Crippen molar-refractivity contribution >= 4 is 29.0 Å². The van der Waals surface area contributed by atoms with Crippen LogP contribution in [-0.4, -0.2) is 30.4 Å². The number of halogens is 2. The summed E-state index contributed by atoms with van der Waals surface area (Å²) in [5, 5.41) is 21.6. The lowest BCUT2D eigenvalue weighted by Gasteiger charge is -2.23. The Balaban J connectivity index is 1.77. The molecular weight excluding hydrogens is 391 g/mol. The first-order valence-electron chi connectivity index (χ1n) is 8.16. The van der Waals surface area contributed by atoms with Gasteiger partial charge in [-0.25, -0.2) is 4.39 Å². The minimum Gasteiger partial charge on any atom is -0.306 e. The molecule has 0 bridgehead atoms. The maximum Gasteiger partial charge on any atom is 0.307 e. The topological polar surface area (TPSA) is 108 Å². The number of nitrogens with one attached hydrogen (secondary N) is 1. The SMILES string of the molecule is CC(C)(C(=O)Nc1nn(Cc2ccccc2F)cc1Cl)n1cc([N+](=O)[O-])cn1. The predicted octanol–water partition coefficient (Wildman–Crippen LogP) is 3.20. The van der Waals surface area contributed by atoms with E-state index in [-0.39, 0.29) is 28.9 Å². The van der Waals surface area contributed by atoms with Gasteiger partial charge in [0.2, 0.25) is 0 Å². The fraction of sp³-hybridized carbons (Fsp3) is 0.235. The number of nitro groups is 1. The monoisotopic (exact) mass is 406 g/mol. The van der Waals surface area contributed by atoms with Gasteiger partial charge in [-0.05, 0) is 19.9 Å². The van der Waals surface area contributed by atoms with E-state index < -0.39 is 16.4 Å². The van der Waals surface area contributed by atoms with Crippen LogP contribution in [-0.2, 0) is 16.9 Å². The smallest absolute Gasteiger partial charge is 0.306 e. The molecule has 2 aromatic heterocycles. The zero-order chi connectivity index (χ0) is 20.5. The van der Waals surface area contributed by atoms with Crippen molar-refractivity contribution in [1.29, 1.82) is 0 Å². The van der Waals surface area contributed by atoms with Crippen LogP contribution in [0.3, 0.4) is 0 Å². The molecule has 1 N–H and O–H groups in total. The third-order valence-electron chi connectivity index (χ3n) is 4.15. The van der Waals surface area contributed by atoms with Gasteiger partial charge in [0.1, 0.15) is 28.8 Å². The molecule has 11 heteroatoms. The van der Waals surface area contributed by atoms with E-state index >= 15 is 0 Å². The molecule has 0 spiro atoms. The Labute approximate surface area is 163 Å². The average Bonchev–Trinajstić information content (AvgIpc) is 3.25. The molecule has 1 amide bonds. The second kappa shape index (κ2) is 7.39. The molecule has 0 fully saturated rings. The van der Waals surface area contributed by atoms with Crippen LogP contribution < -0.4 is 5.32 Å². The van der Waals surface area contributed by atoms with Crippen LogP contribution in [0.4, 0.5) is 15.9 Å². The first kappa shape index (κ1) is 19.5. The van der Waals surface area contributed by atoms with Gasteiger partial charge in [0.25, 0.3) is 5.91 Å². The number of hydrogen-bond donors (Lipinski definition) is 1. The number of benzene rings is 1. The van der Waals surface area contributed by atoms with Gasteiger partial charge in [0.05, 0.1) is 11.5 Å². The minimum atomic E-state index is -1.24. The summed E-state index contributed by atoms with van der Waals surface area (Å²) in [7, 11) is 0. The van der Waals surface area contributed by atoms with Gasteiger partial charge in [0, 0.05) is 11.8 Å². The van der Waals surface area contributed by atoms with Crippen molar-refractivity contribution in [2.75, 3.05) is 5.32 Å². The zero-order valence-corrected chi connectivity index (χ0v) is 15.7. The van der Waals surface area contributed by atoms with Crippen LogP contribution in [0.25, 0.3) is 0 Å². The molecule has 1 aromatic carbocycles. The van der Waals surface area contributed by atoms with E-state index in [1.165, 1.54) is 21.6 Å². The molecule has 0 saturated carbocycles. The summed E-state index contributed by atoms with van der Waals surface area (Å²) in [5.74, 6) is -0.803. The van der Waals surface area contributed by atoms with Gasteiger partial charge in [-0.1, -0.05) is 29.8 Å². The Morgan fingerprint density at radius 3 is 2.71 bits per heavy atom. The normalized spacial score (nSPS) is 11.4. The number of hydrogen-bond acceptors (Lipinski definition) is 5. The van der Waals surface area contributed by atoms with Crippen molar-refractivity contribution in [3.8, 4) is 0 Å². The number of anilines is 1. The Morgan fingerprint density at radius 1 is 1.36 bits per heavy atom. The van der Waals surface area contributed by atoms with Crippen LogP contribution in [0.2, 0.25) is 5.02 Å². The van der Waals surface area contributed by atoms with E-state index in [4.69, 9.17) is 11.6 Å². The quantitative estimate of drug-likeness (QED) is 0.499. The van der Waals surface area contributed by atoms with Crippen LogP contribution in [0, 0.1) is 15.9 Å². The Hall–Kier alpha value is -3.27. The highest BCUT2D eigenvalue weighted by atomic mass is 35.5. The number of aromatic nitrogens is 4. The lowest BCUT2D eigenvalue weighted by Crippen LogP contribution is -2.40. The number of rotatable bonds is 6. The molecule has 0 unspecified atom stereocenters. The molecule has 0 aliphatic heterocycles. The number of carbonyl (C=O) groups excluding carboxylic acids is 1. The second-order valence-corrected chi connectivity index (χ2v) is 6.94. The predicted molar refractivity (Wildman–Crippen MR) is 99.6 cm³/mol. The van der Waals surface area contributed by atoms with Crippen molar-refractivity contribution in [2.24, 2.45) is 0 Å². The highest BCUT2D eigenvalue weighted by molar-refractivity contribution is 6.33. The summed E-state index contributed by atoms with van der Waals surface area (Å²) in [6.07, 6.45) is 3.69. The molecule has 0 aliphatic rings. The van der Waals surface area contributed by atoms with Crippen molar-refractivity contribution < 1.29 is 14.1 Å². The maximum atomic E-state index is 13.8. The third kappa shape index (κ3) is 3.86. The summed E-state index contributed by atoms with van der Waals surface area (Å²) in [5.41, 5.74) is -1.05. The van der Waals surface area contributed by atoms with E-state index in [0.29, 0.717) is 5.56 Å². The maximum absolute atomic E-state index is 13.8. The largest absolute Gasteiger partial charge is 0.307 e. The van der Waals surface area contributed by atoms with Gasteiger partial charge in [-0.2, -0.15) is 10.2 Å². The Morgan fingerprint density at radius 2 is 2.07 bits per heavy atom. The fourth-order valence-electron chi connectivity index (χ4n) is 2.44. The van der Waals surface area contributed by atoms with Crippen molar-refractivity contribution in [3.63, 3.8) is 0 Å². The average molecular weight is 407 g/mol. The number of amides is 1. The van der Waals surface area contributed by atoms with E-state index in [9.17, 15) is 19.3 Å². The summed E-state index contributed by atoms with van der Waals surface area (Å²) >= 11 is 6.13. The van der Waals surface area contributed by atoms with Crippen LogP contribution >= 0.6 is 11.6 Å². The van der Waals surface area contributed by atoms with Crippen molar-refractivity contribution in [2.45, 2.75) is 25.9 Å². The van der Waals surface area contributed by atoms with E-state index in [1.54, 1.807) is 32.0 Å². The molecular formula is C17H16ClFN6O3. The summed E-state index contributed by atoms with van der Waals surface area (Å²) < 4.78 is 16.4. The zero-order valence-electron chi connectivity index (χ0n) is 15.0. The Kier molecular flexibility index (Phi) is 5.14. The lowest BCUT2D eigenvalue weighted by atomic mass is 10.1. The third-order valence-corrected chi connectivity index (χ3v) is 4.42. The van der Waals surface area contributed by atoms with Crippen molar-refractivity contribution in [3.05, 3.63) is 69.4 Å². The number of carbonyl (C=O) groups is 1. The van der Waals surface area contributed by atoms with Crippen LogP contribution in [0.5, 0.6) is 0 Å². The molecule has 2 heterocycles. The van der Waals surface area contributed by atoms with Gasteiger partial charge in [0.15, 0.2) is 5.82 Å². The standard InChI is InChI=1S/C17H16ClFN6O3/c1-17(2,24-9-12(7-20-24)25(27)28)16(26)21-15-13(18)10-23(22-15)8-11-5-3-4-6-14(11)19/h3-7,9-10H,8H2,1-2H3,(H,21,22,26). The first-order chi connectivity index (χ1) is 13.2. The van der Waals surface area contributed by atoms with E-state index in [1.807, 2.05) is 0 Å². The highest BCUT2D eigenvalue weighted by Crippen LogP contribution is 2.24. The molecule has 0 atom stereocenters. The van der Waals surface area contributed by atoms with Crippen LogP contribution in [0.1, 0.15) is 19.4 Å². The molecule has 9 nitrogen and oxygen atoms in total. The second-order valence-electron chi connectivity index (χ2n) is 6.53. The molecule has 28 heavy (non-hydrogen) atoms. The Bertz CT molecular complexity index is 1050. The molecule has 3 aromatic rings. The molecule has 3 rings (SSSR count). The lowest BCUT2D eigenvalue weighted by molar-refractivity contribution is -0.385. The summed E-state index contributed by atoms with van der Waals surface area (Å²) in [6, 6.07) is 6.26. The van der Waals surface area contributed by atoms with Gasteiger partial charge < -0.3 is 5.32 Å². The molecule has 0 saturated heterocycles. The molecule has 146 valence electrons. The summed E-state index contributed by atoms with van der Waals surface area (Å²) in [6.45, 7) is 3.23. The first-order valence-corrected chi connectivity index (χ1v) is 8.53. The van der Waals surface area contributed by atoms with Gasteiger partial charge >= 0.3 is 5.69 Å². The van der Waals surface area contributed by atoms with E-state index in [0.717, 1.165) is 12.4 Å². The summed E-state index contributed by atoms with van der Waals surface area (Å²) in [4.78, 5) is 22.9. The van der Waals surface area contributed by atoms with E-state index in [2.05, 4.69) is 15.5 Å². The van der Waals surface area contributed by atoms with Crippen molar-refractivity contribution in [1.82, 2.24) is 19.6 Å². The molecule has 0 aliphatic carbocycles. The van der Waals surface area contributed by atoms with Crippen LogP contribution in [0.15, 0.2) is 42.9 Å². The highest BCUT2D eigenvalue weighted by Gasteiger charge is 2.33. The minimum absolute atomic E-state index is 0.0951. The van der Waals surface area contributed by atoms with Gasteiger partial charge in [-0.3, -0.25) is 24.3 Å².